The maximum absolute atomic E-state index is 12.1. The normalized spacial score (nSPS) is 14.2. The summed E-state index contributed by atoms with van der Waals surface area (Å²) in [5.41, 5.74) is 4.82. The van der Waals surface area contributed by atoms with Crippen LogP contribution >= 0.6 is 0 Å². The van der Waals surface area contributed by atoms with Crippen molar-refractivity contribution in [1.29, 1.82) is 0 Å². The van der Waals surface area contributed by atoms with Gasteiger partial charge in [0.15, 0.2) is 0 Å². The average molecular weight is 194 g/mol. The SMILES string of the molecule is COc1c[nH]c(C(N)C(F)(F)F)c1. The number of hydrogen-bond donors (Lipinski definition) is 2. The Morgan fingerprint density at radius 3 is 2.54 bits per heavy atom. The Labute approximate surface area is 72.7 Å². The lowest BCUT2D eigenvalue weighted by molar-refractivity contribution is -0.149. The van der Waals surface area contributed by atoms with Crippen molar-refractivity contribution in [3.8, 4) is 5.75 Å². The van der Waals surface area contributed by atoms with E-state index in [2.05, 4.69) is 4.98 Å². The Morgan fingerprint density at radius 1 is 1.54 bits per heavy atom. The molecule has 74 valence electrons. The quantitative estimate of drug-likeness (QED) is 0.751. The molecule has 0 fully saturated rings. The number of aromatic nitrogens is 1. The van der Waals surface area contributed by atoms with Crippen molar-refractivity contribution in [3.05, 3.63) is 18.0 Å². The summed E-state index contributed by atoms with van der Waals surface area (Å²) < 4.78 is 40.9. The van der Waals surface area contributed by atoms with Crippen LogP contribution in [-0.2, 0) is 0 Å². The van der Waals surface area contributed by atoms with Crippen molar-refractivity contribution in [2.45, 2.75) is 12.2 Å². The number of ether oxygens (including phenoxy) is 1. The van der Waals surface area contributed by atoms with Crippen LogP contribution in [0.25, 0.3) is 0 Å². The molecule has 1 rings (SSSR count). The second-order valence-corrected chi connectivity index (χ2v) is 2.51. The molecule has 1 unspecified atom stereocenters. The van der Waals surface area contributed by atoms with E-state index in [1.807, 2.05) is 0 Å². The summed E-state index contributed by atoms with van der Waals surface area (Å²) in [4.78, 5) is 2.39. The number of halogens is 3. The molecular formula is C7H9F3N2O. The molecule has 0 aliphatic rings. The highest BCUT2D eigenvalue weighted by molar-refractivity contribution is 5.25. The molecular weight excluding hydrogens is 185 g/mol. The molecule has 0 saturated heterocycles. The van der Waals surface area contributed by atoms with E-state index < -0.39 is 12.2 Å². The lowest BCUT2D eigenvalue weighted by atomic mass is 10.2. The van der Waals surface area contributed by atoms with E-state index in [1.54, 1.807) is 0 Å². The predicted octanol–water partition coefficient (Wildman–Crippen LogP) is 1.59. The molecule has 3 nitrogen and oxygen atoms in total. The van der Waals surface area contributed by atoms with Gasteiger partial charge in [0.2, 0.25) is 0 Å². The largest absolute Gasteiger partial charge is 0.495 e. The summed E-state index contributed by atoms with van der Waals surface area (Å²) in [5, 5.41) is 0. The summed E-state index contributed by atoms with van der Waals surface area (Å²) >= 11 is 0. The molecule has 6 heteroatoms. The van der Waals surface area contributed by atoms with Gasteiger partial charge < -0.3 is 15.5 Å². The van der Waals surface area contributed by atoms with Gasteiger partial charge in [-0.05, 0) is 0 Å². The van der Waals surface area contributed by atoms with Crippen molar-refractivity contribution in [2.75, 3.05) is 7.11 Å². The maximum atomic E-state index is 12.1. The van der Waals surface area contributed by atoms with Gasteiger partial charge in [-0.3, -0.25) is 0 Å². The zero-order valence-corrected chi connectivity index (χ0v) is 6.85. The zero-order valence-electron chi connectivity index (χ0n) is 6.85. The fraction of sp³-hybridized carbons (Fsp3) is 0.429. The predicted molar refractivity (Wildman–Crippen MR) is 40.3 cm³/mol. The van der Waals surface area contributed by atoms with Crippen LogP contribution in [0.1, 0.15) is 11.7 Å². The molecule has 1 heterocycles. The lowest BCUT2D eigenvalue weighted by Crippen LogP contribution is -2.28. The minimum atomic E-state index is -4.43. The number of hydrogen-bond acceptors (Lipinski definition) is 2. The van der Waals surface area contributed by atoms with Gasteiger partial charge in [-0.2, -0.15) is 13.2 Å². The van der Waals surface area contributed by atoms with Crippen LogP contribution in [0.15, 0.2) is 12.3 Å². The highest BCUT2D eigenvalue weighted by Crippen LogP contribution is 2.31. The Kier molecular flexibility index (Phi) is 2.51. The third-order valence-electron chi connectivity index (χ3n) is 1.60. The molecule has 0 bridgehead atoms. The van der Waals surface area contributed by atoms with Gasteiger partial charge >= 0.3 is 6.18 Å². The Morgan fingerprint density at radius 2 is 2.15 bits per heavy atom. The first-order valence-corrected chi connectivity index (χ1v) is 3.49. The molecule has 0 aromatic carbocycles. The number of rotatable bonds is 2. The molecule has 1 atom stereocenters. The van der Waals surface area contributed by atoms with Crippen LogP contribution in [0.4, 0.5) is 13.2 Å². The topological polar surface area (TPSA) is 51.0 Å². The molecule has 3 N–H and O–H groups in total. The van der Waals surface area contributed by atoms with E-state index in [0.717, 1.165) is 0 Å². The van der Waals surface area contributed by atoms with Crippen LogP contribution in [0, 0.1) is 0 Å². The van der Waals surface area contributed by atoms with Crippen LogP contribution < -0.4 is 10.5 Å². The zero-order chi connectivity index (χ0) is 10.1. The van der Waals surface area contributed by atoms with Gasteiger partial charge in [-0.1, -0.05) is 0 Å². The van der Waals surface area contributed by atoms with E-state index in [9.17, 15) is 13.2 Å². The molecule has 0 radical (unpaired) electrons. The van der Waals surface area contributed by atoms with E-state index in [0.29, 0.717) is 5.75 Å². The van der Waals surface area contributed by atoms with E-state index in [-0.39, 0.29) is 5.69 Å². The number of aromatic amines is 1. The highest BCUT2D eigenvalue weighted by atomic mass is 19.4. The minimum Gasteiger partial charge on any atom is -0.495 e. The van der Waals surface area contributed by atoms with Crippen molar-refractivity contribution in [3.63, 3.8) is 0 Å². The van der Waals surface area contributed by atoms with Gasteiger partial charge in [0.05, 0.1) is 7.11 Å². The van der Waals surface area contributed by atoms with Crippen molar-refractivity contribution in [1.82, 2.24) is 4.98 Å². The molecule has 0 amide bonds. The van der Waals surface area contributed by atoms with Gasteiger partial charge in [0.1, 0.15) is 11.8 Å². The third-order valence-corrected chi connectivity index (χ3v) is 1.60. The molecule has 1 aromatic rings. The maximum Gasteiger partial charge on any atom is 0.409 e. The van der Waals surface area contributed by atoms with E-state index in [4.69, 9.17) is 10.5 Å². The third kappa shape index (κ3) is 2.15. The molecule has 0 saturated carbocycles. The fourth-order valence-electron chi connectivity index (χ4n) is 0.865. The van der Waals surface area contributed by atoms with E-state index >= 15 is 0 Å². The van der Waals surface area contributed by atoms with Gasteiger partial charge in [-0.15, -0.1) is 0 Å². The second kappa shape index (κ2) is 3.29. The van der Waals surface area contributed by atoms with E-state index in [1.165, 1.54) is 19.4 Å². The molecule has 0 spiro atoms. The van der Waals surface area contributed by atoms with Gasteiger partial charge in [0.25, 0.3) is 0 Å². The fourth-order valence-corrected chi connectivity index (χ4v) is 0.865. The minimum absolute atomic E-state index is 0.107. The Hall–Kier alpha value is -1.17. The number of nitrogens with one attached hydrogen (secondary N) is 1. The number of alkyl halides is 3. The Bertz CT molecular complexity index is 282. The molecule has 0 aliphatic heterocycles. The average Bonchev–Trinajstić information content (AvgIpc) is 2.48. The van der Waals surface area contributed by atoms with Crippen LogP contribution in [0.3, 0.4) is 0 Å². The second-order valence-electron chi connectivity index (χ2n) is 2.51. The van der Waals surface area contributed by atoms with Crippen molar-refractivity contribution in [2.24, 2.45) is 5.73 Å². The highest BCUT2D eigenvalue weighted by Gasteiger charge is 2.38. The van der Waals surface area contributed by atoms with Crippen molar-refractivity contribution < 1.29 is 17.9 Å². The molecule has 0 aliphatic carbocycles. The first kappa shape index (κ1) is 9.91. The van der Waals surface area contributed by atoms with Gasteiger partial charge in [-0.25, -0.2) is 0 Å². The lowest BCUT2D eigenvalue weighted by Gasteiger charge is -2.13. The van der Waals surface area contributed by atoms with Crippen LogP contribution in [0.5, 0.6) is 5.75 Å². The summed E-state index contributed by atoms with van der Waals surface area (Å²) in [6.45, 7) is 0. The van der Waals surface area contributed by atoms with Crippen LogP contribution in [0.2, 0.25) is 0 Å². The number of methoxy groups -OCH3 is 1. The Balaban J connectivity index is 2.83. The number of nitrogens with two attached hydrogens (primary N) is 1. The van der Waals surface area contributed by atoms with Crippen LogP contribution in [-0.4, -0.2) is 18.3 Å². The summed E-state index contributed by atoms with van der Waals surface area (Å²) in [6, 6.07) is -0.769. The smallest absolute Gasteiger partial charge is 0.409 e. The summed E-state index contributed by atoms with van der Waals surface area (Å²) in [5.74, 6) is 0.328. The molecule has 1 aromatic heterocycles. The summed E-state index contributed by atoms with van der Waals surface area (Å²) in [6.07, 6.45) is -3.11. The first-order chi connectivity index (χ1) is 5.95. The first-order valence-electron chi connectivity index (χ1n) is 3.49. The standard InChI is InChI=1S/C7H9F3N2O/c1-13-4-2-5(12-3-4)6(11)7(8,9)10/h2-3,6,12H,11H2,1H3. The summed E-state index contributed by atoms with van der Waals surface area (Å²) in [7, 11) is 1.37. The van der Waals surface area contributed by atoms with Crippen molar-refractivity contribution >= 4 is 0 Å². The molecule has 13 heavy (non-hydrogen) atoms. The number of H-pyrrole nitrogens is 1. The van der Waals surface area contributed by atoms with Gasteiger partial charge in [0, 0.05) is 18.0 Å². The monoisotopic (exact) mass is 194 g/mol.